The second kappa shape index (κ2) is 5.33. The van der Waals surface area contributed by atoms with Gasteiger partial charge in [0, 0.05) is 6.54 Å². The normalized spacial score (nSPS) is 24.1. The average Bonchev–Trinajstić information content (AvgIpc) is 2.18. The Morgan fingerprint density at radius 1 is 1.43 bits per heavy atom. The van der Waals surface area contributed by atoms with E-state index in [4.69, 9.17) is 5.26 Å². The first-order chi connectivity index (χ1) is 6.63. The third kappa shape index (κ3) is 3.28. The van der Waals surface area contributed by atoms with Crippen LogP contribution in [0.2, 0.25) is 0 Å². The fourth-order valence-electron chi connectivity index (χ4n) is 2.05. The Bertz CT molecular complexity index is 202. The Balaban J connectivity index is 2.26. The number of hydrogen-bond donors (Lipinski definition) is 1. The molecule has 3 nitrogen and oxygen atoms in total. The highest BCUT2D eigenvalue weighted by Crippen LogP contribution is 2.20. The molecule has 0 aromatic rings. The largest absolute Gasteiger partial charge is 0.393 e. The topological polar surface area (TPSA) is 47.3 Å². The van der Waals surface area contributed by atoms with E-state index in [1.165, 1.54) is 0 Å². The molecule has 1 heterocycles. The first-order valence-electron chi connectivity index (χ1n) is 5.43. The van der Waals surface area contributed by atoms with Crippen molar-refractivity contribution in [1.82, 2.24) is 4.90 Å². The van der Waals surface area contributed by atoms with E-state index in [-0.39, 0.29) is 12.0 Å². The van der Waals surface area contributed by atoms with Crippen molar-refractivity contribution in [2.45, 2.75) is 32.8 Å². The summed E-state index contributed by atoms with van der Waals surface area (Å²) in [6.07, 6.45) is 1.96. The second-order valence-electron chi connectivity index (χ2n) is 4.41. The van der Waals surface area contributed by atoms with Gasteiger partial charge in [0.25, 0.3) is 0 Å². The Morgan fingerprint density at radius 2 is 2.00 bits per heavy atom. The van der Waals surface area contributed by atoms with Crippen LogP contribution in [0.3, 0.4) is 0 Å². The number of rotatable bonds is 3. The van der Waals surface area contributed by atoms with E-state index in [9.17, 15) is 5.11 Å². The van der Waals surface area contributed by atoms with Gasteiger partial charge in [-0.3, -0.25) is 0 Å². The molecule has 0 amide bonds. The first kappa shape index (κ1) is 11.5. The van der Waals surface area contributed by atoms with Gasteiger partial charge in [0.1, 0.15) is 0 Å². The highest BCUT2D eigenvalue weighted by atomic mass is 16.3. The van der Waals surface area contributed by atoms with Crippen molar-refractivity contribution in [1.29, 1.82) is 5.26 Å². The molecule has 1 aliphatic heterocycles. The summed E-state index contributed by atoms with van der Waals surface area (Å²) in [6, 6.07) is 2.26. The van der Waals surface area contributed by atoms with Gasteiger partial charge in [-0.1, -0.05) is 0 Å². The van der Waals surface area contributed by atoms with Crippen LogP contribution < -0.4 is 0 Å². The summed E-state index contributed by atoms with van der Waals surface area (Å²) in [7, 11) is 0. The molecule has 0 saturated carbocycles. The standard InChI is InChI=1S/C11H20N2O/c1-9(7-12)8-13-5-3-11(4-6-13)10(2)14/h9-11,14H,3-6,8H2,1-2H3. The number of likely N-dealkylation sites (tertiary alicyclic amines) is 1. The Morgan fingerprint density at radius 3 is 2.43 bits per heavy atom. The number of nitriles is 1. The lowest BCUT2D eigenvalue weighted by molar-refractivity contribution is 0.0696. The van der Waals surface area contributed by atoms with Crippen LogP contribution in [0.1, 0.15) is 26.7 Å². The van der Waals surface area contributed by atoms with E-state index >= 15 is 0 Å². The van der Waals surface area contributed by atoms with Crippen LogP contribution in [-0.4, -0.2) is 35.7 Å². The molecule has 1 rings (SSSR count). The molecule has 2 unspecified atom stereocenters. The molecule has 0 aromatic carbocycles. The number of hydrogen-bond acceptors (Lipinski definition) is 3. The number of piperidine rings is 1. The quantitative estimate of drug-likeness (QED) is 0.738. The fourth-order valence-corrected chi connectivity index (χ4v) is 2.05. The maximum Gasteiger partial charge on any atom is 0.0666 e. The molecule has 0 radical (unpaired) electrons. The van der Waals surface area contributed by atoms with E-state index in [1.807, 2.05) is 13.8 Å². The van der Waals surface area contributed by atoms with Crippen LogP contribution in [0.25, 0.3) is 0 Å². The number of aliphatic hydroxyl groups is 1. The first-order valence-corrected chi connectivity index (χ1v) is 5.43. The van der Waals surface area contributed by atoms with Crippen molar-refractivity contribution in [3.05, 3.63) is 0 Å². The van der Waals surface area contributed by atoms with Crippen LogP contribution >= 0.6 is 0 Å². The summed E-state index contributed by atoms with van der Waals surface area (Å²) < 4.78 is 0. The van der Waals surface area contributed by atoms with E-state index in [0.717, 1.165) is 32.5 Å². The smallest absolute Gasteiger partial charge is 0.0666 e. The Kier molecular flexibility index (Phi) is 4.37. The van der Waals surface area contributed by atoms with Crippen LogP contribution in [0.5, 0.6) is 0 Å². The van der Waals surface area contributed by atoms with Crippen molar-refractivity contribution in [3.63, 3.8) is 0 Å². The third-order valence-corrected chi connectivity index (χ3v) is 3.07. The maximum atomic E-state index is 9.42. The summed E-state index contributed by atoms with van der Waals surface area (Å²) in [5.74, 6) is 0.585. The van der Waals surface area contributed by atoms with Crippen LogP contribution in [0.4, 0.5) is 0 Å². The van der Waals surface area contributed by atoms with Crippen LogP contribution in [-0.2, 0) is 0 Å². The van der Waals surface area contributed by atoms with Gasteiger partial charge in [-0.15, -0.1) is 0 Å². The fraction of sp³-hybridized carbons (Fsp3) is 0.909. The zero-order chi connectivity index (χ0) is 10.6. The zero-order valence-electron chi connectivity index (χ0n) is 9.11. The van der Waals surface area contributed by atoms with Gasteiger partial charge in [0.05, 0.1) is 18.1 Å². The third-order valence-electron chi connectivity index (χ3n) is 3.07. The van der Waals surface area contributed by atoms with Gasteiger partial charge in [0.2, 0.25) is 0 Å². The minimum Gasteiger partial charge on any atom is -0.393 e. The molecule has 1 N–H and O–H groups in total. The summed E-state index contributed by atoms with van der Waals surface area (Å²) in [5.41, 5.74) is 0. The lowest BCUT2D eigenvalue weighted by Crippen LogP contribution is -2.38. The van der Waals surface area contributed by atoms with Crippen molar-refractivity contribution in [3.8, 4) is 6.07 Å². The van der Waals surface area contributed by atoms with Crippen molar-refractivity contribution >= 4 is 0 Å². The van der Waals surface area contributed by atoms with Crippen molar-refractivity contribution < 1.29 is 5.11 Å². The van der Waals surface area contributed by atoms with Gasteiger partial charge in [0.15, 0.2) is 0 Å². The molecule has 14 heavy (non-hydrogen) atoms. The van der Waals surface area contributed by atoms with Crippen molar-refractivity contribution in [2.75, 3.05) is 19.6 Å². The molecule has 0 aliphatic carbocycles. The molecule has 0 bridgehead atoms. The van der Waals surface area contributed by atoms with Crippen LogP contribution in [0, 0.1) is 23.2 Å². The predicted octanol–water partition coefficient (Wildman–Crippen LogP) is 1.24. The van der Waals surface area contributed by atoms with Gasteiger partial charge in [-0.25, -0.2) is 0 Å². The van der Waals surface area contributed by atoms with Gasteiger partial charge in [-0.05, 0) is 45.7 Å². The number of nitrogens with zero attached hydrogens (tertiary/aromatic N) is 2. The highest BCUT2D eigenvalue weighted by Gasteiger charge is 2.23. The van der Waals surface area contributed by atoms with E-state index < -0.39 is 0 Å². The Hall–Kier alpha value is -0.590. The molecule has 80 valence electrons. The molecule has 3 heteroatoms. The van der Waals surface area contributed by atoms with Gasteiger partial charge in [-0.2, -0.15) is 5.26 Å². The lowest BCUT2D eigenvalue weighted by Gasteiger charge is -2.33. The van der Waals surface area contributed by atoms with E-state index in [2.05, 4.69) is 11.0 Å². The van der Waals surface area contributed by atoms with Crippen LogP contribution in [0.15, 0.2) is 0 Å². The lowest BCUT2D eigenvalue weighted by atomic mass is 9.92. The maximum absolute atomic E-state index is 9.42. The second-order valence-corrected chi connectivity index (χ2v) is 4.41. The van der Waals surface area contributed by atoms with Crippen molar-refractivity contribution in [2.24, 2.45) is 11.8 Å². The molecule has 1 fully saturated rings. The summed E-state index contributed by atoms with van der Waals surface area (Å²) in [5, 5.41) is 18.1. The molecular formula is C11H20N2O. The summed E-state index contributed by atoms with van der Waals surface area (Å²) in [4.78, 5) is 2.33. The minimum atomic E-state index is -0.175. The van der Waals surface area contributed by atoms with E-state index in [1.54, 1.807) is 0 Å². The number of aliphatic hydroxyl groups excluding tert-OH is 1. The minimum absolute atomic E-state index is 0.123. The Labute approximate surface area is 86.3 Å². The molecule has 2 atom stereocenters. The van der Waals surface area contributed by atoms with Gasteiger partial charge >= 0.3 is 0 Å². The molecule has 0 spiro atoms. The molecule has 0 aromatic heterocycles. The summed E-state index contributed by atoms with van der Waals surface area (Å²) in [6.45, 7) is 6.77. The predicted molar refractivity (Wildman–Crippen MR) is 55.6 cm³/mol. The van der Waals surface area contributed by atoms with E-state index in [0.29, 0.717) is 5.92 Å². The zero-order valence-corrected chi connectivity index (χ0v) is 9.11. The SMILES string of the molecule is CC(C#N)CN1CCC(C(C)O)CC1. The molecular weight excluding hydrogens is 176 g/mol. The van der Waals surface area contributed by atoms with Gasteiger partial charge < -0.3 is 10.0 Å². The molecule has 1 saturated heterocycles. The monoisotopic (exact) mass is 196 g/mol. The summed E-state index contributed by atoms with van der Waals surface area (Å²) >= 11 is 0. The average molecular weight is 196 g/mol. The molecule has 1 aliphatic rings. The highest BCUT2D eigenvalue weighted by molar-refractivity contribution is 4.83.